The molecule has 1 unspecified atom stereocenters. The molecule has 1 aliphatic rings. The molecule has 1 saturated heterocycles. The average Bonchev–Trinajstić information content (AvgIpc) is 2.74. The number of primary amides is 1. The molecular formula is C28H50N2O6Si2. The normalized spacial score (nSPS) is 16.6. The van der Waals surface area contributed by atoms with E-state index in [4.69, 9.17) is 24.1 Å². The smallest absolute Gasteiger partial charge is 0.409 e. The third-order valence-corrected chi connectivity index (χ3v) is 19.0. The van der Waals surface area contributed by atoms with Gasteiger partial charge < -0.3 is 29.0 Å². The molecule has 1 aromatic rings. The highest BCUT2D eigenvalue weighted by molar-refractivity contribution is 6.78. The van der Waals surface area contributed by atoms with Gasteiger partial charge in [0.15, 0.2) is 14.1 Å². The summed E-state index contributed by atoms with van der Waals surface area (Å²) in [6, 6.07) is 3.16. The topological polar surface area (TPSA) is 100 Å². The molecular weight excluding hydrogens is 516 g/mol. The second-order valence-corrected chi connectivity index (χ2v) is 23.0. The Hall–Kier alpha value is -2.05. The lowest BCUT2D eigenvalue weighted by atomic mass is 10.0. The van der Waals surface area contributed by atoms with E-state index in [9.17, 15) is 9.59 Å². The highest BCUT2D eigenvalue weighted by Gasteiger charge is 2.48. The van der Waals surface area contributed by atoms with Crippen molar-refractivity contribution in [2.45, 2.75) is 110 Å². The Morgan fingerprint density at radius 2 is 1.55 bits per heavy atom. The molecule has 2 amide bonds. The summed E-state index contributed by atoms with van der Waals surface area (Å²) in [7, 11) is -2.76. The van der Waals surface area contributed by atoms with E-state index in [0.717, 1.165) is 6.42 Å². The summed E-state index contributed by atoms with van der Waals surface area (Å²) in [6.07, 6.45) is -0.132. The van der Waals surface area contributed by atoms with E-state index in [1.165, 1.54) is 0 Å². The predicted molar refractivity (Wildman–Crippen MR) is 157 cm³/mol. The molecule has 0 spiro atoms. The highest BCUT2D eigenvalue weighted by Crippen LogP contribution is 2.46. The molecule has 1 heterocycles. The van der Waals surface area contributed by atoms with Crippen molar-refractivity contribution in [3.63, 3.8) is 0 Å². The second kappa shape index (κ2) is 12.0. The van der Waals surface area contributed by atoms with Gasteiger partial charge in [0.2, 0.25) is 0 Å². The summed E-state index contributed by atoms with van der Waals surface area (Å²) in [5, 5.41) is 0.0811. The van der Waals surface area contributed by atoms with Gasteiger partial charge in [-0.1, -0.05) is 62.3 Å². The molecule has 8 nitrogen and oxygen atoms in total. The molecule has 0 aromatic heterocycles. The van der Waals surface area contributed by atoms with E-state index in [1.807, 2.05) is 0 Å². The van der Waals surface area contributed by atoms with E-state index < -0.39 is 22.7 Å². The molecule has 38 heavy (non-hydrogen) atoms. The first-order chi connectivity index (χ1) is 17.4. The monoisotopic (exact) mass is 566 g/mol. The maximum atomic E-state index is 13.7. The Morgan fingerprint density at radius 1 is 1.00 bits per heavy atom. The zero-order valence-electron chi connectivity index (χ0n) is 25.6. The van der Waals surface area contributed by atoms with E-state index in [0.29, 0.717) is 41.3 Å². The van der Waals surface area contributed by atoms with E-state index >= 15 is 0 Å². The van der Waals surface area contributed by atoms with Gasteiger partial charge in [-0.3, -0.25) is 4.79 Å². The molecule has 216 valence electrons. The van der Waals surface area contributed by atoms with Crippen molar-refractivity contribution in [2.24, 2.45) is 5.73 Å². The number of ether oxygens (including phenoxy) is 2. The Balaban J connectivity index is 2.46. The zero-order chi connectivity index (χ0) is 29.2. The molecule has 0 aliphatic carbocycles. The molecule has 10 heteroatoms. The maximum absolute atomic E-state index is 13.7. The Bertz CT molecular complexity index is 982. The average molecular weight is 567 g/mol. The Labute approximate surface area is 231 Å². The van der Waals surface area contributed by atoms with E-state index in [-0.39, 0.29) is 28.3 Å². The lowest BCUT2D eigenvalue weighted by Crippen LogP contribution is -2.55. The summed E-state index contributed by atoms with van der Waals surface area (Å²) in [5.74, 6) is 0.720. The van der Waals surface area contributed by atoms with Crippen molar-refractivity contribution in [3.05, 3.63) is 17.7 Å². The van der Waals surface area contributed by atoms with Crippen LogP contribution in [0, 0.1) is 0 Å². The number of likely N-dealkylation sites (tertiary alicyclic amines) is 1. The van der Waals surface area contributed by atoms with Crippen LogP contribution in [0.3, 0.4) is 0 Å². The first kappa shape index (κ1) is 32.2. The van der Waals surface area contributed by atoms with Crippen molar-refractivity contribution < 1.29 is 27.9 Å². The Morgan fingerprint density at radius 3 is 1.95 bits per heavy atom. The Kier molecular flexibility index (Phi) is 10.2. The van der Waals surface area contributed by atoms with Crippen LogP contribution in [-0.2, 0) is 4.43 Å². The molecule has 2 rings (SSSR count). The van der Waals surface area contributed by atoms with E-state index in [2.05, 4.69) is 75.4 Å². The third-order valence-electron chi connectivity index (χ3n) is 8.55. The fourth-order valence-electron chi connectivity index (χ4n) is 5.24. The maximum Gasteiger partial charge on any atom is 0.409 e. The van der Waals surface area contributed by atoms with Gasteiger partial charge in [0, 0.05) is 18.7 Å². The van der Waals surface area contributed by atoms with Crippen molar-refractivity contribution in [2.75, 3.05) is 20.3 Å². The predicted octanol–water partition coefficient (Wildman–Crippen LogP) is 6.94. The number of nitrogens with zero attached hydrogens (tertiary/aromatic N) is 1. The minimum absolute atomic E-state index is 0.0390. The number of benzene rings is 1. The number of hydrogen-bond donors (Lipinski definition) is 1. The summed E-state index contributed by atoms with van der Waals surface area (Å²) in [6.45, 7) is 25.2. The lowest BCUT2D eigenvalue weighted by Gasteiger charge is -2.44. The van der Waals surface area contributed by atoms with Gasteiger partial charge in [-0.15, -0.1) is 0 Å². The summed E-state index contributed by atoms with van der Waals surface area (Å²) < 4.78 is 24.3. The summed E-state index contributed by atoms with van der Waals surface area (Å²) in [4.78, 5) is 27.3. The summed E-state index contributed by atoms with van der Waals surface area (Å²) in [5.41, 5.74) is 6.58. The lowest BCUT2D eigenvalue weighted by molar-refractivity contribution is 0.0311. The molecule has 2 N–H and O–H groups in total. The summed E-state index contributed by atoms with van der Waals surface area (Å²) >= 11 is 0. The van der Waals surface area contributed by atoms with Crippen molar-refractivity contribution >= 4 is 28.6 Å². The van der Waals surface area contributed by atoms with Gasteiger partial charge >= 0.3 is 6.09 Å². The molecule has 1 aliphatic heterocycles. The molecule has 1 aromatic carbocycles. The van der Waals surface area contributed by atoms with Crippen LogP contribution in [-0.4, -0.2) is 59.8 Å². The third kappa shape index (κ3) is 6.56. The minimum atomic E-state index is -2.36. The van der Waals surface area contributed by atoms with Crippen LogP contribution in [0.25, 0.3) is 0 Å². The van der Waals surface area contributed by atoms with Gasteiger partial charge in [-0.25, -0.2) is 4.79 Å². The zero-order valence-corrected chi connectivity index (χ0v) is 27.6. The van der Waals surface area contributed by atoms with Crippen molar-refractivity contribution in [3.8, 4) is 17.2 Å². The van der Waals surface area contributed by atoms with E-state index in [1.54, 1.807) is 24.1 Å². The molecule has 0 saturated carbocycles. The number of carbonyl (C=O) groups excluding carboxylic acids is 2. The second-order valence-electron chi connectivity index (χ2n) is 12.9. The van der Waals surface area contributed by atoms with Gasteiger partial charge in [0.25, 0.3) is 14.2 Å². The quantitative estimate of drug-likeness (QED) is 0.291. The fraction of sp³-hybridized carbons (Fsp3) is 0.714. The number of carbonyl (C=O) groups is 2. The van der Waals surface area contributed by atoms with Crippen LogP contribution in [0.2, 0.25) is 34.8 Å². The first-order valence-corrected chi connectivity index (χ1v) is 18.8. The van der Waals surface area contributed by atoms with Gasteiger partial charge in [0.05, 0.1) is 25.3 Å². The first-order valence-electron chi connectivity index (χ1n) is 13.7. The van der Waals surface area contributed by atoms with Crippen LogP contribution in [0.15, 0.2) is 12.1 Å². The number of hydrogen-bond acceptors (Lipinski definition) is 6. The number of amides is 2. The van der Waals surface area contributed by atoms with Crippen LogP contribution < -0.4 is 19.6 Å². The van der Waals surface area contributed by atoms with Gasteiger partial charge in [-0.05, 0) is 41.2 Å². The number of rotatable bonds is 11. The van der Waals surface area contributed by atoms with Gasteiger partial charge in [0.1, 0.15) is 11.5 Å². The minimum Gasteiger partial charge on any atom is -0.540 e. The molecule has 1 fully saturated rings. The number of nitrogens with two attached hydrogens (primary N) is 1. The molecule has 1 atom stereocenters. The fourth-order valence-corrected chi connectivity index (χ4v) is 11.5. The van der Waals surface area contributed by atoms with Crippen LogP contribution in [0.5, 0.6) is 17.2 Å². The SMILES string of the molecule is COc1cc(C(=O)N2CCC2CO[Si](C)(C)C(C)(C)C)c(OC(N)=O)cc1O[Si](C(C)C)(C(C)C)C(C)C. The standard InChI is InChI=1S/C28H50N2O6Si2/c1-18(2)38(19(3)4,20(5)6)36-25-16-23(35-27(29)32)22(15-24(25)33-10)26(31)30-14-13-21(30)17-34-37(11,12)28(7,8)9/h15-16,18-21H,13-14,17H2,1-12H3,(H2,29,32). The van der Waals surface area contributed by atoms with Crippen LogP contribution >= 0.6 is 0 Å². The van der Waals surface area contributed by atoms with Crippen LogP contribution in [0.1, 0.15) is 79.1 Å². The highest BCUT2D eigenvalue weighted by atomic mass is 28.4. The molecule has 0 radical (unpaired) electrons. The van der Waals surface area contributed by atoms with Crippen molar-refractivity contribution in [1.29, 1.82) is 0 Å². The largest absolute Gasteiger partial charge is 0.540 e. The number of methoxy groups -OCH3 is 1. The van der Waals surface area contributed by atoms with Gasteiger partial charge in [-0.2, -0.15) is 0 Å². The van der Waals surface area contributed by atoms with Crippen LogP contribution in [0.4, 0.5) is 4.79 Å². The molecule has 0 bridgehead atoms. The van der Waals surface area contributed by atoms with Crippen molar-refractivity contribution in [1.82, 2.24) is 4.90 Å².